The molecule has 1 amide bonds. The predicted octanol–water partition coefficient (Wildman–Crippen LogP) is 5.05. The second-order valence-electron chi connectivity index (χ2n) is 6.20. The number of carbonyl (C=O) groups excluding carboxylic acids is 2. The van der Waals surface area contributed by atoms with Crippen LogP contribution in [-0.2, 0) is 10.5 Å². The topological polar surface area (TPSA) is 67.8 Å². The maximum atomic E-state index is 12.0. The Morgan fingerprint density at radius 2 is 1.67 bits per heavy atom. The Morgan fingerprint density at radius 3 is 2.40 bits per heavy atom. The summed E-state index contributed by atoms with van der Waals surface area (Å²) in [6.45, 7) is 0. The molecule has 0 saturated heterocycles. The number of nitrogens with one attached hydrogen (secondary N) is 1. The summed E-state index contributed by atoms with van der Waals surface area (Å²) < 4.78 is 6.36. The molecule has 7 heteroatoms. The average Bonchev–Trinajstić information content (AvgIpc) is 2.77. The second kappa shape index (κ2) is 11.3. The Bertz CT molecular complexity index is 1020. The first kappa shape index (κ1) is 21.8. The van der Waals surface area contributed by atoms with Crippen LogP contribution in [0.1, 0.15) is 21.5 Å². The highest BCUT2D eigenvalue weighted by Crippen LogP contribution is 2.21. The van der Waals surface area contributed by atoms with Crippen LogP contribution in [0.3, 0.4) is 0 Å². The van der Waals surface area contributed by atoms with Gasteiger partial charge in [0.15, 0.2) is 0 Å². The monoisotopic (exact) mass is 482 g/mol. The Hall–Kier alpha value is -2.90. The Morgan fingerprint density at radius 1 is 0.967 bits per heavy atom. The number of hydrogen-bond acceptors (Lipinski definition) is 5. The van der Waals surface area contributed by atoms with E-state index in [1.807, 2.05) is 30.3 Å². The van der Waals surface area contributed by atoms with Gasteiger partial charge in [0.25, 0.3) is 0 Å². The third-order valence-electron chi connectivity index (χ3n) is 3.95. The Labute approximate surface area is 187 Å². The van der Waals surface area contributed by atoms with Gasteiger partial charge in [-0.1, -0.05) is 52.3 Å². The smallest absolute Gasteiger partial charge is 0.343 e. The van der Waals surface area contributed by atoms with E-state index in [0.29, 0.717) is 17.1 Å². The summed E-state index contributed by atoms with van der Waals surface area (Å²) in [7, 11) is 0. The van der Waals surface area contributed by atoms with E-state index in [1.165, 1.54) is 11.8 Å². The van der Waals surface area contributed by atoms with Crippen LogP contribution >= 0.6 is 27.7 Å². The molecule has 152 valence electrons. The van der Waals surface area contributed by atoms with Gasteiger partial charge in [-0.25, -0.2) is 10.2 Å². The molecule has 3 aromatic rings. The molecule has 0 aliphatic heterocycles. The molecular formula is C23H19BrN2O3S. The van der Waals surface area contributed by atoms with Gasteiger partial charge in [0, 0.05) is 10.2 Å². The van der Waals surface area contributed by atoms with Crippen LogP contribution < -0.4 is 10.2 Å². The molecule has 0 aliphatic rings. The van der Waals surface area contributed by atoms with E-state index in [-0.39, 0.29) is 5.91 Å². The molecule has 0 heterocycles. The molecule has 0 radical (unpaired) electrons. The highest BCUT2D eigenvalue weighted by atomic mass is 79.9. The molecule has 0 bridgehead atoms. The number of benzene rings is 3. The summed E-state index contributed by atoms with van der Waals surface area (Å²) in [4.78, 5) is 23.9. The fraction of sp³-hybridized carbons (Fsp3) is 0.0870. The molecule has 0 saturated carbocycles. The van der Waals surface area contributed by atoms with Crippen molar-refractivity contribution in [2.75, 3.05) is 5.75 Å². The van der Waals surface area contributed by atoms with Crippen LogP contribution in [0.25, 0.3) is 0 Å². The van der Waals surface area contributed by atoms with Crippen LogP contribution in [0.15, 0.2) is 88.4 Å². The number of thioether (sulfide) groups is 1. The van der Waals surface area contributed by atoms with Gasteiger partial charge in [-0.15, -0.1) is 11.8 Å². The highest BCUT2D eigenvalue weighted by Gasteiger charge is 2.07. The molecule has 0 aromatic heterocycles. The lowest BCUT2D eigenvalue weighted by Gasteiger charge is -2.04. The Kier molecular flexibility index (Phi) is 8.23. The van der Waals surface area contributed by atoms with Crippen molar-refractivity contribution in [3.63, 3.8) is 0 Å². The molecule has 3 rings (SSSR count). The summed E-state index contributed by atoms with van der Waals surface area (Å²) in [6.07, 6.45) is 1.54. The minimum absolute atomic E-state index is 0.170. The van der Waals surface area contributed by atoms with Crippen LogP contribution in [0.2, 0.25) is 0 Å². The number of hydrazone groups is 1. The summed E-state index contributed by atoms with van der Waals surface area (Å²) in [5.41, 5.74) is 4.92. The van der Waals surface area contributed by atoms with E-state index in [4.69, 9.17) is 4.74 Å². The SMILES string of the molecule is O=C(CSCc1ccccc1Br)N/N=C\c1ccc(OC(=O)c2ccccc2)cc1. The zero-order valence-corrected chi connectivity index (χ0v) is 18.4. The maximum Gasteiger partial charge on any atom is 0.343 e. The first-order valence-corrected chi connectivity index (χ1v) is 11.1. The standard InChI is InChI=1S/C23H19BrN2O3S/c24-21-9-5-4-8-19(21)15-30-16-22(27)26-25-14-17-10-12-20(13-11-17)29-23(28)18-6-2-1-3-7-18/h1-14H,15-16H2,(H,26,27)/b25-14-. The molecule has 30 heavy (non-hydrogen) atoms. The van der Waals surface area contributed by atoms with Crippen molar-refractivity contribution >= 4 is 45.8 Å². The number of carbonyl (C=O) groups is 2. The van der Waals surface area contributed by atoms with Crippen LogP contribution in [0, 0.1) is 0 Å². The number of rotatable bonds is 8. The van der Waals surface area contributed by atoms with E-state index in [1.54, 1.807) is 54.7 Å². The zero-order chi connectivity index (χ0) is 21.2. The van der Waals surface area contributed by atoms with Crippen LogP contribution in [-0.4, -0.2) is 23.8 Å². The van der Waals surface area contributed by atoms with Crippen LogP contribution in [0.5, 0.6) is 5.75 Å². The lowest BCUT2D eigenvalue weighted by Crippen LogP contribution is -2.19. The highest BCUT2D eigenvalue weighted by molar-refractivity contribution is 9.10. The third kappa shape index (κ3) is 6.86. The molecule has 0 fully saturated rings. The number of halogens is 1. The summed E-state index contributed by atoms with van der Waals surface area (Å²) >= 11 is 5.01. The molecule has 0 spiro atoms. The number of amides is 1. The van der Waals surface area contributed by atoms with Gasteiger partial charge in [-0.2, -0.15) is 5.10 Å². The molecule has 0 aliphatic carbocycles. The van der Waals surface area contributed by atoms with Gasteiger partial charge in [0.1, 0.15) is 5.75 Å². The molecule has 5 nitrogen and oxygen atoms in total. The number of ether oxygens (including phenoxy) is 1. The van der Waals surface area contributed by atoms with Crippen molar-refractivity contribution in [1.82, 2.24) is 5.43 Å². The van der Waals surface area contributed by atoms with E-state index >= 15 is 0 Å². The van der Waals surface area contributed by atoms with E-state index < -0.39 is 5.97 Å². The quantitative estimate of drug-likeness (QED) is 0.211. The van der Waals surface area contributed by atoms with Crippen molar-refractivity contribution in [1.29, 1.82) is 0 Å². The normalized spacial score (nSPS) is 10.7. The molecule has 0 atom stereocenters. The summed E-state index contributed by atoms with van der Waals surface area (Å²) in [5.74, 6) is 0.906. The first-order valence-electron chi connectivity index (χ1n) is 9.12. The fourth-order valence-electron chi connectivity index (χ4n) is 2.44. The van der Waals surface area contributed by atoms with Gasteiger partial charge in [0.05, 0.1) is 17.5 Å². The van der Waals surface area contributed by atoms with Gasteiger partial charge < -0.3 is 4.74 Å². The van der Waals surface area contributed by atoms with Crippen molar-refractivity contribution in [3.05, 3.63) is 100 Å². The minimum Gasteiger partial charge on any atom is -0.423 e. The lowest BCUT2D eigenvalue weighted by atomic mass is 10.2. The number of nitrogens with zero attached hydrogens (tertiary/aromatic N) is 1. The van der Waals surface area contributed by atoms with Crippen molar-refractivity contribution in [2.45, 2.75) is 5.75 Å². The molecule has 0 unspecified atom stereocenters. The number of esters is 1. The van der Waals surface area contributed by atoms with Gasteiger partial charge in [-0.05, 0) is 53.6 Å². The predicted molar refractivity (Wildman–Crippen MR) is 124 cm³/mol. The summed E-state index contributed by atoms with van der Waals surface area (Å²) in [5, 5.41) is 3.97. The van der Waals surface area contributed by atoms with Gasteiger partial charge in [0.2, 0.25) is 5.91 Å². The van der Waals surface area contributed by atoms with Crippen molar-refractivity contribution in [3.8, 4) is 5.75 Å². The third-order valence-corrected chi connectivity index (χ3v) is 5.71. The van der Waals surface area contributed by atoms with E-state index in [9.17, 15) is 9.59 Å². The number of hydrogen-bond donors (Lipinski definition) is 1. The molecule has 3 aromatic carbocycles. The van der Waals surface area contributed by atoms with Crippen molar-refractivity contribution < 1.29 is 14.3 Å². The van der Waals surface area contributed by atoms with Crippen molar-refractivity contribution in [2.24, 2.45) is 5.10 Å². The van der Waals surface area contributed by atoms with Gasteiger partial charge in [-0.3, -0.25) is 4.79 Å². The van der Waals surface area contributed by atoms with E-state index in [2.05, 4.69) is 26.5 Å². The Balaban J connectivity index is 1.42. The maximum absolute atomic E-state index is 12.0. The summed E-state index contributed by atoms with van der Waals surface area (Å²) in [6, 6.07) is 23.6. The van der Waals surface area contributed by atoms with Crippen LogP contribution in [0.4, 0.5) is 0 Å². The molecular weight excluding hydrogens is 464 g/mol. The molecule has 1 N–H and O–H groups in total. The van der Waals surface area contributed by atoms with E-state index in [0.717, 1.165) is 21.4 Å². The largest absolute Gasteiger partial charge is 0.423 e. The lowest BCUT2D eigenvalue weighted by molar-refractivity contribution is -0.118. The second-order valence-corrected chi connectivity index (χ2v) is 8.04. The fourth-order valence-corrected chi connectivity index (χ4v) is 3.88. The zero-order valence-electron chi connectivity index (χ0n) is 16.0. The average molecular weight is 483 g/mol. The minimum atomic E-state index is -0.413. The first-order chi connectivity index (χ1) is 14.6. The van der Waals surface area contributed by atoms with Gasteiger partial charge >= 0.3 is 5.97 Å².